The SMILES string of the molecule is COC(=O)C(CN1CCc2[nH]ncc2C1)NC(=O)N1CCC(N2Cc3ccccc3NC2=O)CC1. The number of amides is 4. The first-order chi connectivity index (χ1) is 17.0. The Morgan fingerprint density at radius 2 is 1.97 bits per heavy atom. The van der Waals surface area contributed by atoms with Crippen LogP contribution in [-0.4, -0.2) is 88.3 Å². The smallest absolute Gasteiger partial charge is 0.329 e. The van der Waals surface area contributed by atoms with Gasteiger partial charge in [-0.1, -0.05) is 18.2 Å². The molecule has 1 aromatic heterocycles. The topological polar surface area (TPSA) is 123 Å². The minimum Gasteiger partial charge on any atom is -0.467 e. The van der Waals surface area contributed by atoms with Gasteiger partial charge in [-0.15, -0.1) is 0 Å². The van der Waals surface area contributed by atoms with E-state index < -0.39 is 12.0 Å². The molecule has 3 N–H and O–H groups in total. The number of esters is 1. The number of H-pyrrole nitrogens is 1. The van der Waals surface area contributed by atoms with E-state index in [1.165, 1.54) is 7.11 Å². The lowest BCUT2D eigenvalue weighted by Crippen LogP contribution is -2.56. The van der Waals surface area contributed by atoms with Gasteiger partial charge in [0, 0.05) is 68.7 Å². The number of para-hydroxylation sites is 1. The first kappa shape index (κ1) is 23.2. The molecule has 1 saturated heterocycles. The predicted molar refractivity (Wildman–Crippen MR) is 128 cm³/mol. The van der Waals surface area contributed by atoms with Crippen LogP contribution in [0.3, 0.4) is 0 Å². The van der Waals surface area contributed by atoms with Gasteiger partial charge in [0.15, 0.2) is 0 Å². The summed E-state index contributed by atoms with van der Waals surface area (Å²) < 4.78 is 4.97. The number of methoxy groups -OCH3 is 1. The van der Waals surface area contributed by atoms with E-state index in [-0.39, 0.29) is 18.1 Å². The molecule has 11 nitrogen and oxygen atoms in total. The maximum atomic E-state index is 13.0. The van der Waals surface area contributed by atoms with Crippen molar-refractivity contribution in [1.82, 2.24) is 30.2 Å². The normalized spacial score (nSPS) is 19.4. The van der Waals surface area contributed by atoms with Crippen LogP contribution in [0, 0.1) is 0 Å². The van der Waals surface area contributed by atoms with Crippen LogP contribution in [0.4, 0.5) is 15.3 Å². The van der Waals surface area contributed by atoms with E-state index in [9.17, 15) is 14.4 Å². The molecule has 2 aromatic rings. The Balaban J connectivity index is 1.15. The Hall–Kier alpha value is -3.60. The third kappa shape index (κ3) is 4.95. The van der Waals surface area contributed by atoms with Crippen molar-refractivity contribution < 1.29 is 19.1 Å². The lowest BCUT2D eigenvalue weighted by Gasteiger charge is -2.40. The maximum Gasteiger partial charge on any atom is 0.329 e. The number of piperidine rings is 1. The molecule has 1 atom stereocenters. The van der Waals surface area contributed by atoms with Gasteiger partial charge in [-0.3, -0.25) is 10.00 Å². The van der Waals surface area contributed by atoms with Gasteiger partial charge >= 0.3 is 18.0 Å². The lowest BCUT2D eigenvalue weighted by atomic mass is 10.0. The van der Waals surface area contributed by atoms with Gasteiger partial charge in [0.05, 0.1) is 13.3 Å². The van der Waals surface area contributed by atoms with Crippen molar-refractivity contribution >= 4 is 23.7 Å². The average Bonchev–Trinajstić information content (AvgIpc) is 3.35. The van der Waals surface area contributed by atoms with Gasteiger partial charge < -0.3 is 25.2 Å². The number of nitrogens with one attached hydrogen (secondary N) is 3. The standard InChI is InChI=1S/C24H31N7O4/c1-35-22(32)21(15-29-9-8-20-17(13-29)12-25-28-20)27-23(33)30-10-6-18(7-11-30)31-14-16-4-2-3-5-19(16)26-24(31)34/h2-5,12,18,21H,6-11,13-15H2,1H3,(H,25,28)(H,26,34)(H,27,33). The van der Waals surface area contributed by atoms with Crippen LogP contribution in [0.2, 0.25) is 0 Å². The molecule has 0 radical (unpaired) electrons. The molecule has 0 saturated carbocycles. The Labute approximate surface area is 203 Å². The molecule has 1 fully saturated rings. The Kier molecular flexibility index (Phi) is 6.58. The molecule has 0 bridgehead atoms. The van der Waals surface area contributed by atoms with Crippen LogP contribution in [0.5, 0.6) is 0 Å². The number of urea groups is 2. The van der Waals surface area contributed by atoms with E-state index in [0.717, 1.165) is 35.5 Å². The van der Waals surface area contributed by atoms with Crippen molar-refractivity contribution in [3.05, 3.63) is 47.3 Å². The Morgan fingerprint density at radius 3 is 2.77 bits per heavy atom. The summed E-state index contributed by atoms with van der Waals surface area (Å²) in [6, 6.07) is 6.72. The Bertz CT molecular complexity index is 1100. The predicted octanol–water partition coefficient (Wildman–Crippen LogP) is 1.53. The minimum absolute atomic E-state index is 0.0568. The molecule has 186 valence electrons. The number of hydrogen-bond acceptors (Lipinski definition) is 6. The van der Waals surface area contributed by atoms with Crippen molar-refractivity contribution in [2.45, 2.75) is 44.4 Å². The molecule has 1 unspecified atom stereocenters. The quantitative estimate of drug-likeness (QED) is 0.557. The van der Waals surface area contributed by atoms with Gasteiger partial charge in [0.2, 0.25) is 0 Å². The summed E-state index contributed by atoms with van der Waals surface area (Å²) in [5, 5.41) is 12.9. The van der Waals surface area contributed by atoms with Crippen molar-refractivity contribution in [3.63, 3.8) is 0 Å². The molecule has 5 rings (SSSR count). The van der Waals surface area contributed by atoms with E-state index in [2.05, 4.69) is 25.7 Å². The molecular formula is C24H31N7O4. The van der Waals surface area contributed by atoms with Gasteiger partial charge in [-0.05, 0) is 24.5 Å². The van der Waals surface area contributed by atoms with Crippen molar-refractivity contribution in [1.29, 1.82) is 0 Å². The average molecular weight is 482 g/mol. The number of anilines is 1. The minimum atomic E-state index is -0.761. The summed E-state index contributed by atoms with van der Waals surface area (Å²) in [5.74, 6) is -0.463. The van der Waals surface area contributed by atoms with E-state index >= 15 is 0 Å². The van der Waals surface area contributed by atoms with Gasteiger partial charge in [0.1, 0.15) is 6.04 Å². The highest BCUT2D eigenvalue weighted by atomic mass is 16.5. The number of nitrogens with zero attached hydrogens (tertiary/aromatic N) is 4. The summed E-state index contributed by atoms with van der Waals surface area (Å²) in [4.78, 5) is 43.8. The number of ether oxygens (including phenoxy) is 1. The van der Waals surface area contributed by atoms with E-state index in [1.807, 2.05) is 29.2 Å². The number of carbonyl (C=O) groups is 3. The summed E-state index contributed by atoms with van der Waals surface area (Å²) in [6.45, 7) is 3.40. The first-order valence-corrected chi connectivity index (χ1v) is 12.0. The number of fused-ring (bicyclic) bond motifs is 2. The number of benzene rings is 1. The number of carbonyl (C=O) groups excluding carboxylic acids is 3. The van der Waals surface area contributed by atoms with Crippen LogP contribution >= 0.6 is 0 Å². The van der Waals surface area contributed by atoms with E-state index in [1.54, 1.807) is 11.1 Å². The molecule has 3 aliphatic rings. The van der Waals surface area contributed by atoms with Crippen LogP contribution in [0.15, 0.2) is 30.5 Å². The van der Waals surface area contributed by atoms with Crippen molar-refractivity contribution in [3.8, 4) is 0 Å². The fraction of sp³-hybridized carbons (Fsp3) is 0.500. The molecular weight excluding hydrogens is 450 g/mol. The van der Waals surface area contributed by atoms with E-state index in [0.29, 0.717) is 45.6 Å². The van der Waals surface area contributed by atoms with Crippen LogP contribution in [-0.2, 0) is 29.0 Å². The third-order valence-corrected chi connectivity index (χ3v) is 7.16. The highest BCUT2D eigenvalue weighted by Crippen LogP contribution is 2.27. The molecule has 4 amide bonds. The van der Waals surface area contributed by atoms with Crippen molar-refractivity contribution in [2.24, 2.45) is 0 Å². The summed E-state index contributed by atoms with van der Waals surface area (Å²) in [6.07, 6.45) is 3.99. The van der Waals surface area contributed by atoms with Gasteiger partial charge in [-0.2, -0.15) is 5.10 Å². The third-order valence-electron chi connectivity index (χ3n) is 7.16. The second-order valence-electron chi connectivity index (χ2n) is 9.32. The monoisotopic (exact) mass is 481 g/mol. The van der Waals surface area contributed by atoms with E-state index in [4.69, 9.17) is 4.74 Å². The molecule has 11 heteroatoms. The molecule has 3 aliphatic heterocycles. The molecule has 0 aliphatic carbocycles. The summed E-state index contributed by atoms with van der Waals surface area (Å²) in [7, 11) is 1.33. The first-order valence-electron chi connectivity index (χ1n) is 12.0. The molecule has 0 spiro atoms. The highest BCUT2D eigenvalue weighted by molar-refractivity contribution is 5.92. The number of aromatic nitrogens is 2. The zero-order valence-corrected chi connectivity index (χ0v) is 19.8. The Morgan fingerprint density at radius 1 is 1.17 bits per heavy atom. The zero-order chi connectivity index (χ0) is 24.4. The van der Waals surface area contributed by atoms with Crippen LogP contribution in [0.25, 0.3) is 0 Å². The molecule has 35 heavy (non-hydrogen) atoms. The number of rotatable bonds is 5. The summed E-state index contributed by atoms with van der Waals surface area (Å²) in [5.41, 5.74) is 4.18. The highest BCUT2D eigenvalue weighted by Gasteiger charge is 2.34. The van der Waals surface area contributed by atoms with Gasteiger partial charge in [-0.25, -0.2) is 14.4 Å². The second-order valence-corrected chi connectivity index (χ2v) is 9.32. The summed E-state index contributed by atoms with van der Waals surface area (Å²) >= 11 is 0. The van der Waals surface area contributed by atoms with Gasteiger partial charge in [0.25, 0.3) is 0 Å². The fourth-order valence-corrected chi connectivity index (χ4v) is 5.15. The van der Waals surface area contributed by atoms with Crippen LogP contribution in [0.1, 0.15) is 29.7 Å². The molecule has 4 heterocycles. The maximum absolute atomic E-state index is 13.0. The zero-order valence-electron chi connectivity index (χ0n) is 19.8. The number of aromatic amines is 1. The van der Waals surface area contributed by atoms with Crippen molar-refractivity contribution in [2.75, 3.05) is 38.6 Å². The fourth-order valence-electron chi connectivity index (χ4n) is 5.15. The number of hydrogen-bond donors (Lipinski definition) is 3. The lowest BCUT2D eigenvalue weighted by molar-refractivity contribution is -0.143. The largest absolute Gasteiger partial charge is 0.467 e. The second kappa shape index (κ2) is 9.95. The molecule has 1 aromatic carbocycles. The number of likely N-dealkylation sites (tertiary alicyclic amines) is 1. The van der Waals surface area contributed by atoms with Crippen LogP contribution < -0.4 is 10.6 Å².